The summed E-state index contributed by atoms with van der Waals surface area (Å²) in [5.41, 5.74) is 11.0. The van der Waals surface area contributed by atoms with E-state index in [1.54, 1.807) is 12.1 Å². The molecule has 0 bridgehead atoms. The van der Waals surface area contributed by atoms with E-state index in [0.717, 1.165) is 0 Å². The lowest BCUT2D eigenvalue weighted by molar-refractivity contribution is 0.0977. The normalized spacial score (nSPS) is 10.6. The number of ether oxygens (including phenoxy) is 2. The van der Waals surface area contributed by atoms with Gasteiger partial charge in [0.05, 0.1) is 19.1 Å². The number of nitrogens with one attached hydrogen (secondary N) is 2. The second kappa shape index (κ2) is 9.21. The molecule has 154 valence electrons. The van der Waals surface area contributed by atoms with E-state index in [2.05, 4.69) is 15.0 Å². The number of methoxy groups -OCH3 is 2. The lowest BCUT2D eigenvalue weighted by Gasteiger charge is -2.12. The number of carbonyl (C=O) groups excluding carboxylic acids is 1. The van der Waals surface area contributed by atoms with Crippen molar-refractivity contribution in [3.05, 3.63) is 48.0 Å². The summed E-state index contributed by atoms with van der Waals surface area (Å²) >= 11 is 5.11. The van der Waals surface area contributed by atoms with Crippen LogP contribution in [-0.4, -0.2) is 39.6 Å². The molecule has 2 aromatic carbocycles. The predicted molar refractivity (Wildman–Crippen MR) is 113 cm³/mol. The van der Waals surface area contributed by atoms with Gasteiger partial charge in [0.25, 0.3) is 15.9 Å². The van der Waals surface area contributed by atoms with Crippen LogP contribution in [-0.2, 0) is 10.0 Å². The van der Waals surface area contributed by atoms with E-state index in [4.69, 9.17) is 33.2 Å². The van der Waals surface area contributed by atoms with Gasteiger partial charge in [-0.15, -0.1) is 4.40 Å². The van der Waals surface area contributed by atoms with Crippen molar-refractivity contribution in [1.82, 2.24) is 5.32 Å². The van der Waals surface area contributed by atoms with Gasteiger partial charge in [-0.3, -0.25) is 10.1 Å². The van der Waals surface area contributed by atoms with Gasteiger partial charge in [0.1, 0.15) is 0 Å². The second-order valence-electron chi connectivity index (χ2n) is 5.49. The van der Waals surface area contributed by atoms with E-state index < -0.39 is 21.9 Å². The molecule has 0 aliphatic rings. The van der Waals surface area contributed by atoms with Crippen LogP contribution in [0, 0.1) is 0 Å². The predicted octanol–water partition coefficient (Wildman–Crippen LogP) is 0.793. The molecule has 0 aliphatic carbocycles. The second-order valence-corrected chi connectivity index (χ2v) is 7.51. The minimum Gasteiger partial charge on any atom is -0.493 e. The number of amides is 1. The molecule has 12 heteroatoms. The number of anilines is 1. The summed E-state index contributed by atoms with van der Waals surface area (Å²) in [4.78, 5) is 12.2. The van der Waals surface area contributed by atoms with Crippen molar-refractivity contribution in [2.24, 2.45) is 15.9 Å². The number of nitrogens with zero attached hydrogens (tertiary/aromatic N) is 1. The maximum atomic E-state index is 12.3. The monoisotopic (exact) mass is 437 g/mol. The van der Waals surface area contributed by atoms with Crippen molar-refractivity contribution in [2.45, 2.75) is 4.90 Å². The Morgan fingerprint density at radius 2 is 1.66 bits per heavy atom. The molecule has 0 aliphatic heterocycles. The van der Waals surface area contributed by atoms with E-state index in [1.165, 1.54) is 44.6 Å². The zero-order valence-electron chi connectivity index (χ0n) is 15.5. The zero-order chi connectivity index (χ0) is 21.6. The SMILES string of the molecule is COc1ccc(C(=O)NC(=S)Nc2ccc(S(=O)(=O)N=C(N)N)cc2)cc1OC. The molecule has 0 saturated carbocycles. The average molecular weight is 438 g/mol. The number of carbonyl (C=O) groups is 1. The molecular weight excluding hydrogens is 418 g/mol. The zero-order valence-corrected chi connectivity index (χ0v) is 17.1. The van der Waals surface area contributed by atoms with Crippen LogP contribution in [0.4, 0.5) is 5.69 Å². The van der Waals surface area contributed by atoms with Gasteiger partial charge in [0.2, 0.25) is 5.96 Å². The highest BCUT2D eigenvalue weighted by Gasteiger charge is 2.14. The van der Waals surface area contributed by atoms with E-state index in [9.17, 15) is 13.2 Å². The molecule has 0 spiro atoms. The molecule has 6 N–H and O–H groups in total. The van der Waals surface area contributed by atoms with Gasteiger partial charge in [0, 0.05) is 11.3 Å². The molecule has 0 aromatic heterocycles. The first-order valence-electron chi connectivity index (χ1n) is 7.96. The van der Waals surface area contributed by atoms with Crippen LogP contribution in [0.25, 0.3) is 0 Å². The molecule has 10 nitrogen and oxygen atoms in total. The van der Waals surface area contributed by atoms with E-state index in [1.807, 2.05) is 0 Å². The highest BCUT2D eigenvalue weighted by Crippen LogP contribution is 2.27. The molecule has 0 fully saturated rings. The van der Waals surface area contributed by atoms with Crippen LogP contribution in [0.15, 0.2) is 51.8 Å². The lowest BCUT2D eigenvalue weighted by Crippen LogP contribution is -2.34. The Hall–Kier alpha value is -3.38. The van der Waals surface area contributed by atoms with Gasteiger partial charge in [-0.1, -0.05) is 0 Å². The molecule has 0 unspecified atom stereocenters. The fourth-order valence-corrected chi connectivity index (χ4v) is 3.29. The Balaban J connectivity index is 2.06. The molecule has 0 radical (unpaired) electrons. The topological polar surface area (TPSA) is 158 Å². The fourth-order valence-electron chi connectivity index (χ4n) is 2.22. The molecule has 2 aromatic rings. The van der Waals surface area contributed by atoms with Gasteiger partial charge < -0.3 is 26.3 Å². The minimum atomic E-state index is -3.99. The van der Waals surface area contributed by atoms with Gasteiger partial charge in [0.15, 0.2) is 16.6 Å². The fraction of sp³-hybridized carbons (Fsp3) is 0.118. The van der Waals surface area contributed by atoms with Gasteiger partial charge >= 0.3 is 0 Å². The molecule has 29 heavy (non-hydrogen) atoms. The average Bonchev–Trinajstić information content (AvgIpc) is 2.66. The summed E-state index contributed by atoms with van der Waals surface area (Å²) in [5, 5.41) is 5.31. The van der Waals surface area contributed by atoms with E-state index >= 15 is 0 Å². The van der Waals surface area contributed by atoms with Crippen molar-refractivity contribution in [3.8, 4) is 11.5 Å². The van der Waals surface area contributed by atoms with Crippen LogP contribution >= 0.6 is 12.2 Å². The number of thiocarbonyl (C=S) groups is 1. The number of benzene rings is 2. The molecule has 0 saturated heterocycles. The van der Waals surface area contributed by atoms with Crippen molar-refractivity contribution < 1.29 is 22.7 Å². The summed E-state index contributed by atoms with van der Waals surface area (Å²) in [6.07, 6.45) is 0. The lowest BCUT2D eigenvalue weighted by atomic mass is 10.2. The Bertz CT molecular complexity index is 1050. The Labute approximate surface area is 172 Å². The third-order valence-corrected chi connectivity index (χ3v) is 5.03. The van der Waals surface area contributed by atoms with E-state index in [-0.39, 0.29) is 10.0 Å². The smallest absolute Gasteiger partial charge is 0.285 e. The maximum absolute atomic E-state index is 12.3. The van der Waals surface area contributed by atoms with E-state index in [0.29, 0.717) is 22.7 Å². The number of guanidine groups is 1. The molecule has 2 rings (SSSR count). The molecule has 0 atom stereocenters. The first kappa shape index (κ1) is 21.9. The number of hydrogen-bond donors (Lipinski definition) is 4. The molecule has 0 heterocycles. The number of nitrogens with two attached hydrogens (primary N) is 2. The maximum Gasteiger partial charge on any atom is 0.285 e. The van der Waals surface area contributed by atoms with Crippen molar-refractivity contribution in [3.63, 3.8) is 0 Å². The first-order chi connectivity index (χ1) is 13.7. The Morgan fingerprint density at radius 3 is 2.21 bits per heavy atom. The van der Waals surface area contributed by atoms with Gasteiger partial charge in [-0.25, -0.2) is 0 Å². The summed E-state index contributed by atoms with van der Waals surface area (Å²) in [6, 6.07) is 10.2. The third-order valence-electron chi connectivity index (χ3n) is 3.51. The van der Waals surface area contributed by atoms with Gasteiger partial charge in [-0.05, 0) is 54.7 Å². The third kappa shape index (κ3) is 5.80. The largest absolute Gasteiger partial charge is 0.493 e. The summed E-state index contributed by atoms with van der Waals surface area (Å²) in [6.45, 7) is 0. The Kier molecular flexibility index (Phi) is 6.96. The number of rotatable bonds is 6. The van der Waals surface area contributed by atoms with Crippen LogP contribution in [0.1, 0.15) is 10.4 Å². The van der Waals surface area contributed by atoms with Crippen LogP contribution < -0.4 is 31.6 Å². The Morgan fingerprint density at radius 1 is 1.03 bits per heavy atom. The summed E-state index contributed by atoms with van der Waals surface area (Å²) in [7, 11) is -1.04. The van der Waals surface area contributed by atoms with Crippen LogP contribution in [0.5, 0.6) is 11.5 Å². The molecule has 1 amide bonds. The van der Waals surface area contributed by atoms with Crippen LogP contribution in [0.3, 0.4) is 0 Å². The van der Waals surface area contributed by atoms with Crippen molar-refractivity contribution in [1.29, 1.82) is 0 Å². The highest BCUT2D eigenvalue weighted by molar-refractivity contribution is 7.90. The van der Waals surface area contributed by atoms with Crippen molar-refractivity contribution in [2.75, 3.05) is 19.5 Å². The summed E-state index contributed by atoms with van der Waals surface area (Å²) < 4.78 is 37.3. The summed E-state index contributed by atoms with van der Waals surface area (Å²) in [5.74, 6) is -0.140. The molecular formula is C17H19N5O5S2. The van der Waals surface area contributed by atoms with Gasteiger partial charge in [-0.2, -0.15) is 8.42 Å². The minimum absolute atomic E-state index is 0.0182. The van der Waals surface area contributed by atoms with Crippen LogP contribution in [0.2, 0.25) is 0 Å². The number of hydrogen-bond acceptors (Lipinski definition) is 6. The highest BCUT2D eigenvalue weighted by atomic mass is 32.2. The quantitative estimate of drug-likeness (QED) is 0.291. The van der Waals surface area contributed by atoms with Crippen molar-refractivity contribution >= 4 is 44.9 Å². The number of sulfonamides is 1. The first-order valence-corrected chi connectivity index (χ1v) is 9.81. The standard InChI is InChI=1S/C17H19N5O5S2/c1-26-13-8-3-10(9-14(13)27-2)15(23)21-17(28)20-11-4-6-12(7-5-11)29(24,25)22-16(18)19/h3-9H,1-2H3,(H4,18,19,22)(H2,20,21,23,28).